The van der Waals surface area contributed by atoms with Gasteiger partial charge < -0.3 is 10.4 Å². The minimum atomic E-state index is -0.0155. The topological polar surface area (TPSA) is 70.9 Å². The Bertz CT molecular complexity index is 707. The first-order chi connectivity index (χ1) is 9.28. The lowest BCUT2D eigenvalue weighted by atomic mass is 10.3. The number of hydrogen-bond donors (Lipinski definition) is 2. The number of thiophene rings is 1. The van der Waals surface area contributed by atoms with Crippen LogP contribution < -0.4 is 5.32 Å². The third-order valence-electron chi connectivity index (χ3n) is 2.70. The Morgan fingerprint density at radius 1 is 1.26 bits per heavy atom. The van der Waals surface area contributed by atoms with Crippen LogP contribution in [0.3, 0.4) is 0 Å². The molecule has 98 valence electrons. The van der Waals surface area contributed by atoms with Gasteiger partial charge in [-0.3, -0.25) is 0 Å². The van der Waals surface area contributed by atoms with Crippen molar-refractivity contribution in [1.82, 2.24) is 15.0 Å². The molecule has 19 heavy (non-hydrogen) atoms. The fraction of sp³-hybridized carbons (Fsp3) is 0.250. The van der Waals surface area contributed by atoms with Crippen molar-refractivity contribution in [1.29, 1.82) is 0 Å². The van der Waals surface area contributed by atoms with E-state index in [4.69, 9.17) is 5.11 Å². The highest BCUT2D eigenvalue weighted by atomic mass is 32.1. The highest BCUT2D eigenvalue weighted by Crippen LogP contribution is 2.28. The van der Waals surface area contributed by atoms with Crippen LogP contribution in [-0.2, 0) is 13.2 Å². The van der Waals surface area contributed by atoms with Crippen LogP contribution in [0, 0.1) is 6.92 Å². The molecule has 0 saturated heterocycles. The molecular formula is C12H12N4OS2. The van der Waals surface area contributed by atoms with Crippen molar-refractivity contribution >= 4 is 38.7 Å². The molecule has 3 heterocycles. The van der Waals surface area contributed by atoms with Crippen LogP contribution in [0.1, 0.15) is 16.3 Å². The van der Waals surface area contributed by atoms with Crippen LogP contribution in [-0.4, -0.2) is 20.1 Å². The number of aryl methyl sites for hydroxylation is 1. The highest BCUT2D eigenvalue weighted by Gasteiger charge is 2.08. The summed E-state index contributed by atoms with van der Waals surface area (Å²) < 4.78 is 1.07. The predicted octanol–water partition coefficient (Wildman–Crippen LogP) is 2.56. The third-order valence-corrected chi connectivity index (χ3v) is 4.69. The van der Waals surface area contributed by atoms with Crippen molar-refractivity contribution < 1.29 is 5.11 Å². The summed E-state index contributed by atoms with van der Waals surface area (Å²) in [6.07, 6.45) is 1.57. The van der Waals surface area contributed by atoms with Gasteiger partial charge in [-0.15, -0.1) is 22.7 Å². The molecule has 0 unspecified atom stereocenters. The normalized spacial score (nSPS) is 11.1. The van der Waals surface area contributed by atoms with Crippen LogP contribution in [0.4, 0.5) is 5.82 Å². The first-order valence-corrected chi connectivity index (χ1v) is 7.50. The fourth-order valence-corrected chi connectivity index (χ4v) is 3.45. The van der Waals surface area contributed by atoms with E-state index in [0.29, 0.717) is 12.2 Å². The molecule has 3 aromatic rings. The van der Waals surface area contributed by atoms with Crippen molar-refractivity contribution in [3.8, 4) is 0 Å². The van der Waals surface area contributed by atoms with Gasteiger partial charge in [0.15, 0.2) is 0 Å². The van der Waals surface area contributed by atoms with Crippen LogP contribution in [0.5, 0.6) is 0 Å². The van der Waals surface area contributed by atoms with Gasteiger partial charge in [-0.05, 0) is 17.9 Å². The lowest BCUT2D eigenvalue weighted by Gasteiger charge is -2.03. The largest absolute Gasteiger partial charge is 0.390 e. The number of hydrogen-bond acceptors (Lipinski definition) is 7. The van der Waals surface area contributed by atoms with Gasteiger partial charge in [0.2, 0.25) is 0 Å². The van der Waals surface area contributed by atoms with Gasteiger partial charge in [0.25, 0.3) is 0 Å². The second-order valence-electron chi connectivity index (χ2n) is 4.06. The summed E-state index contributed by atoms with van der Waals surface area (Å²) in [4.78, 5) is 12.9. The summed E-state index contributed by atoms with van der Waals surface area (Å²) in [6.45, 7) is 2.63. The van der Waals surface area contributed by atoms with Crippen molar-refractivity contribution in [2.24, 2.45) is 0 Å². The van der Waals surface area contributed by atoms with Gasteiger partial charge >= 0.3 is 0 Å². The zero-order valence-corrected chi connectivity index (χ0v) is 11.9. The Kier molecular flexibility index (Phi) is 3.41. The van der Waals surface area contributed by atoms with E-state index in [2.05, 4.69) is 25.6 Å². The summed E-state index contributed by atoms with van der Waals surface area (Å²) in [7, 11) is 0. The van der Waals surface area contributed by atoms with Crippen molar-refractivity contribution in [3.63, 3.8) is 0 Å². The quantitative estimate of drug-likeness (QED) is 0.773. The van der Waals surface area contributed by atoms with E-state index in [1.54, 1.807) is 17.7 Å². The molecule has 3 aromatic heterocycles. The summed E-state index contributed by atoms with van der Waals surface area (Å²) in [5, 5.41) is 17.1. The molecular weight excluding hydrogens is 280 g/mol. The summed E-state index contributed by atoms with van der Waals surface area (Å²) in [5.41, 5.74) is 2.88. The van der Waals surface area contributed by atoms with Gasteiger partial charge in [0, 0.05) is 5.38 Å². The zero-order valence-electron chi connectivity index (χ0n) is 10.3. The lowest BCUT2D eigenvalue weighted by Crippen LogP contribution is -2.01. The first-order valence-electron chi connectivity index (χ1n) is 5.74. The average Bonchev–Trinajstić information content (AvgIpc) is 3.04. The summed E-state index contributed by atoms with van der Waals surface area (Å²) in [6, 6.07) is 0. The maximum absolute atomic E-state index is 8.99. The maximum Gasteiger partial charge on any atom is 0.147 e. The molecule has 0 spiro atoms. The summed E-state index contributed by atoms with van der Waals surface area (Å²) >= 11 is 3.17. The molecule has 5 nitrogen and oxygen atoms in total. The van der Waals surface area contributed by atoms with E-state index >= 15 is 0 Å². The average molecular weight is 292 g/mol. The standard InChI is InChI=1S/C12H12N4OS2/c1-7-4-19-11-10(7)14-6-15-12(11)13-2-9-16-8(3-17)5-18-9/h4-6,17H,2-3H2,1H3,(H,13,14,15). The van der Waals surface area contributed by atoms with E-state index in [0.717, 1.165) is 21.0 Å². The molecule has 0 aliphatic rings. The monoisotopic (exact) mass is 292 g/mol. The molecule has 0 atom stereocenters. The molecule has 0 fully saturated rings. The molecule has 0 aliphatic carbocycles. The molecule has 0 bridgehead atoms. The maximum atomic E-state index is 8.99. The number of aliphatic hydroxyl groups is 1. The molecule has 0 saturated carbocycles. The first kappa shape index (κ1) is 12.5. The lowest BCUT2D eigenvalue weighted by molar-refractivity contribution is 0.277. The SMILES string of the molecule is Cc1csc2c(NCc3nc(CO)cs3)ncnc12. The minimum Gasteiger partial charge on any atom is -0.390 e. The second-order valence-corrected chi connectivity index (χ2v) is 5.89. The van der Waals surface area contributed by atoms with Gasteiger partial charge in [-0.2, -0.15) is 0 Å². The Hall–Kier alpha value is -1.57. The number of nitrogens with one attached hydrogen (secondary N) is 1. The minimum absolute atomic E-state index is 0.0155. The van der Waals surface area contributed by atoms with Crippen molar-refractivity contribution in [3.05, 3.63) is 33.4 Å². The molecule has 0 radical (unpaired) electrons. The Morgan fingerprint density at radius 2 is 2.16 bits per heavy atom. The predicted molar refractivity (Wildman–Crippen MR) is 77.5 cm³/mol. The smallest absolute Gasteiger partial charge is 0.147 e. The van der Waals surface area contributed by atoms with Gasteiger partial charge in [0.05, 0.1) is 29.1 Å². The Morgan fingerprint density at radius 3 is 2.95 bits per heavy atom. The third kappa shape index (κ3) is 2.44. The molecule has 0 aliphatic heterocycles. The fourth-order valence-electron chi connectivity index (χ4n) is 1.76. The highest BCUT2D eigenvalue weighted by molar-refractivity contribution is 7.18. The Balaban J connectivity index is 1.81. The molecule has 0 aromatic carbocycles. The van der Waals surface area contributed by atoms with Crippen LogP contribution in [0.25, 0.3) is 10.2 Å². The summed E-state index contributed by atoms with van der Waals surface area (Å²) in [5.74, 6) is 0.837. The van der Waals surface area contributed by atoms with E-state index in [1.165, 1.54) is 16.9 Å². The van der Waals surface area contributed by atoms with Gasteiger partial charge in [-0.1, -0.05) is 0 Å². The van der Waals surface area contributed by atoms with E-state index in [9.17, 15) is 0 Å². The van der Waals surface area contributed by atoms with E-state index in [1.807, 2.05) is 12.3 Å². The second kappa shape index (κ2) is 5.20. The number of thiazole rings is 1. The van der Waals surface area contributed by atoms with E-state index in [-0.39, 0.29) is 6.61 Å². The van der Waals surface area contributed by atoms with Crippen molar-refractivity contribution in [2.75, 3.05) is 5.32 Å². The number of anilines is 1. The van der Waals surface area contributed by atoms with E-state index < -0.39 is 0 Å². The Labute approximate surface area is 118 Å². The van der Waals surface area contributed by atoms with Crippen LogP contribution in [0.2, 0.25) is 0 Å². The number of aromatic nitrogens is 3. The van der Waals surface area contributed by atoms with Crippen molar-refractivity contribution in [2.45, 2.75) is 20.1 Å². The molecule has 0 amide bonds. The number of aliphatic hydroxyl groups excluding tert-OH is 1. The van der Waals surface area contributed by atoms with Gasteiger partial charge in [0.1, 0.15) is 17.2 Å². The number of rotatable bonds is 4. The van der Waals surface area contributed by atoms with Crippen LogP contribution >= 0.6 is 22.7 Å². The molecule has 3 rings (SSSR count). The van der Waals surface area contributed by atoms with Crippen LogP contribution in [0.15, 0.2) is 17.1 Å². The molecule has 2 N–H and O–H groups in total. The molecule has 7 heteroatoms. The zero-order chi connectivity index (χ0) is 13.2. The number of nitrogens with zero attached hydrogens (tertiary/aromatic N) is 3. The number of fused-ring (bicyclic) bond motifs is 1. The van der Waals surface area contributed by atoms with Gasteiger partial charge in [-0.25, -0.2) is 15.0 Å².